The van der Waals surface area contributed by atoms with Gasteiger partial charge in [0, 0.05) is 18.8 Å². The molecule has 1 aromatic heterocycles. The summed E-state index contributed by atoms with van der Waals surface area (Å²) in [5, 5.41) is 2.87. The number of ether oxygens (including phenoxy) is 1. The van der Waals surface area contributed by atoms with Crippen molar-refractivity contribution in [2.45, 2.75) is 0 Å². The van der Waals surface area contributed by atoms with Crippen LogP contribution >= 0.6 is 0 Å². The number of aromatic nitrogens is 1. The van der Waals surface area contributed by atoms with Crippen molar-refractivity contribution in [1.29, 1.82) is 0 Å². The Hall–Kier alpha value is -2.04. The Bertz CT molecular complexity index is 402. The molecular weight excluding hydrogens is 194 g/mol. The van der Waals surface area contributed by atoms with Gasteiger partial charge in [-0.25, -0.2) is 9.78 Å². The van der Waals surface area contributed by atoms with Gasteiger partial charge in [-0.2, -0.15) is 0 Å². The van der Waals surface area contributed by atoms with Gasteiger partial charge in [-0.1, -0.05) is 12.7 Å². The fourth-order valence-electron chi connectivity index (χ4n) is 1.29. The monoisotopic (exact) mass is 207 g/mol. The number of hydrogen-bond donors (Lipinski definition) is 2. The van der Waals surface area contributed by atoms with Gasteiger partial charge >= 0.3 is 5.97 Å². The van der Waals surface area contributed by atoms with E-state index in [4.69, 9.17) is 5.73 Å². The van der Waals surface area contributed by atoms with Gasteiger partial charge in [-0.15, -0.1) is 0 Å². The minimum absolute atomic E-state index is 0.319. The van der Waals surface area contributed by atoms with E-state index in [-0.39, 0.29) is 0 Å². The Kier molecular flexibility index (Phi) is 3.28. The Morgan fingerprint density at radius 2 is 2.40 bits per heavy atom. The number of carbonyl (C=O) groups is 1. The first-order chi connectivity index (χ1) is 7.15. The second kappa shape index (κ2) is 4.45. The predicted octanol–water partition coefficient (Wildman–Crippen LogP) is 1.14. The highest BCUT2D eigenvalue weighted by Gasteiger charge is 2.15. The van der Waals surface area contributed by atoms with Crippen LogP contribution in [-0.4, -0.2) is 25.1 Å². The molecule has 3 N–H and O–H groups in total. The highest BCUT2D eigenvalue weighted by atomic mass is 16.5. The van der Waals surface area contributed by atoms with Crippen LogP contribution in [0.5, 0.6) is 0 Å². The molecule has 0 saturated heterocycles. The maximum Gasteiger partial charge on any atom is 0.340 e. The van der Waals surface area contributed by atoms with E-state index in [1.807, 2.05) is 0 Å². The van der Waals surface area contributed by atoms with Crippen LogP contribution < -0.4 is 11.1 Å². The molecule has 0 aliphatic carbocycles. The maximum atomic E-state index is 11.4. The number of rotatable bonds is 3. The van der Waals surface area contributed by atoms with Gasteiger partial charge in [0.25, 0.3) is 0 Å². The average Bonchev–Trinajstić information content (AvgIpc) is 2.27. The van der Waals surface area contributed by atoms with Gasteiger partial charge in [-0.3, -0.25) is 0 Å². The molecule has 0 unspecified atom stereocenters. The topological polar surface area (TPSA) is 77.2 Å². The molecule has 1 rings (SSSR count). The van der Waals surface area contributed by atoms with Gasteiger partial charge in [0.1, 0.15) is 5.82 Å². The number of anilines is 2. The van der Waals surface area contributed by atoms with Crippen LogP contribution in [0.1, 0.15) is 15.9 Å². The van der Waals surface area contributed by atoms with E-state index < -0.39 is 5.97 Å². The van der Waals surface area contributed by atoms with E-state index >= 15 is 0 Å². The molecule has 0 fully saturated rings. The van der Waals surface area contributed by atoms with E-state index in [1.165, 1.54) is 19.4 Å². The summed E-state index contributed by atoms with van der Waals surface area (Å²) in [5.41, 5.74) is 7.15. The van der Waals surface area contributed by atoms with Gasteiger partial charge in [0.15, 0.2) is 0 Å². The Balaban J connectivity index is 3.41. The largest absolute Gasteiger partial charge is 0.465 e. The summed E-state index contributed by atoms with van der Waals surface area (Å²) in [6.45, 7) is 3.63. The molecule has 5 nitrogen and oxygen atoms in total. The fourth-order valence-corrected chi connectivity index (χ4v) is 1.29. The van der Waals surface area contributed by atoms with Crippen molar-refractivity contribution < 1.29 is 9.53 Å². The first-order valence-corrected chi connectivity index (χ1v) is 4.32. The molecule has 5 heteroatoms. The maximum absolute atomic E-state index is 11.4. The van der Waals surface area contributed by atoms with Gasteiger partial charge in [0.05, 0.1) is 18.4 Å². The van der Waals surface area contributed by atoms with Gasteiger partial charge < -0.3 is 15.8 Å². The fraction of sp³-hybridized carbons (Fsp3) is 0.200. The van der Waals surface area contributed by atoms with Crippen LogP contribution in [-0.2, 0) is 4.74 Å². The second-order valence-corrected chi connectivity index (χ2v) is 2.79. The van der Waals surface area contributed by atoms with Crippen LogP contribution in [0.15, 0.2) is 12.8 Å². The smallest absolute Gasteiger partial charge is 0.340 e. The number of pyridine rings is 1. The van der Waals surface area contributed by atoms with Crippen molar-refractivity contribution in [2.75, 3.05) is 25.2 Å². The Morgan fingerprint density at radius 3 is 2.87 bits per heavy atom. The van der Waals surface area contributed by atoms with Crippen molar-refractivity contribution in [3.05, 3.63) is 23.9 Å². The zero-order chi connectivity index (χ0) is 11.4. The lowest BCUT2D eigenvalue weighted by Gasteiger charge is -2.11. The van der Waals surface area contributed by atoms with E-state index in [0.717, 1.165) is 0 Å². The lowest BCUT2D eigenvalue weighted by Crippen LogP contribution is -2.09. The Labute approximate surface area is 88.0 Å². The zero-order valence-corrected chi connectivity index (χ0v) is 8.70. The van der Waals surface area contributed by atoms with Crippen molar-refractivity contribution in [3.63, 3.8) is 0 Å². The molecule has 0 amide bonds. The number of carbonyl (C=O) groups excluding carboxylic acids is 1. The molecule has 0 bridgehead atoms. The summed E-state index contributed by atoms with van der Waals surface area (Å²) >= 11 is 0. The molecule has 0 aromatic carbocycles. The first-order valence-electron chi connectivity index (χ1n) is 4.32. The number of hydrogen-bond acceptors (Lipinski definition) is 5. The quantitative estimate of drug-likeness (QED) is 0.726. The van der Waals surface area contributed by atoms with Crippen LogP contribution in [0.25, 0.3) is 6.08 Å². The highest BCUT2D eigenvalue weighted by Crippen LogP contribution is 2.25. The number of nitrogens with zero attached hydrogens (tertiary/aromatic N) is 1. The summed E-state index contributed by atoms with van der Waals surface area (Å²) in [7, 11) is 3.01. The van der Waals surface area contributed by atoms with Crippen molar-refractivity contribution in [3.8, 4) is 0 Å². The molecule has 0 atom stereocenters. The molecule has 1 heterocycles. The second-order valence-electron chi connectivity index (χ2n) is 2.79. The van der Waals surface area contributed by atoms with Crippen LogP contribution in [0.4, 0.5) is 11.5 Å². The molecule has 1 aromatic rings. The number of methoxy groups -OCH3 is 1. The number of nitrogen functional groups attached to an aromatic ring is 1. The lowest BCUT2D eigenvalue weighted by molar-refractivity contribution is 0.0600. The van der Waals surface area contributed by atoms with E-state index in [2.05, 4.69) is 21.6 Å². The summed E-state index contributed by atoms with van der Waals surface area (Å²) in [6, 6.07) is 0. The molecule has 0 spiro atoms. The molecule has 0 aliphatic heterocycles. The van der Waals surface area contributed by atoms with Crippen molar-refractivity contribution in [2.24, 2.45) is 0 Å². The SMILES string of the molecule is C=Cc1c(C(=O)OC)cnc(N)c1NC. The predicted molar refractivity (Wildman–Crippen MR) is 59.6 cm³/mol. The molecule has 0 aliphatic rings. The highest BCUT2D eigenvalue weighted by molar-refractivity contribution is 5.97. The molecule has 0 radical (unpaired) electrons. The third kappa shape index (κ3) is 1.90. The van der Waals surface area contributed by atoms with E-state index in [9.17, 15) is 4.79 Å². The van der Waals surface area contributed by atoms with Gasteiger partial charge in [-0.05, 0) is 0 Å². The average molecular weight is 207 g/mol. The summed E-state index contributed by atoms with van der Waals surface area (Å²) in [5.74, 6) is -0.144. The third-order valence-corrected chi connectivity index (χ3v) is 2.01. The minimum atomic E-state index is -0.464. The molecule has 0 saturated carbocycles. The number of nitrogens with one attached hydrogen (secondary N) is 1. The van der Waals surface area contributed by atoms with Gasteiger partial charge in [0.2, 0.25) is 0 Å². The van der Waals surface area contributed by atoms with Crippen molar-refractivity contribution >= 4 is 23.6 Å². The normalized spacial score (nSPS) is 9.47. The summed E-state index contributed by atoms with van der Waals surface area (Å²) < 4.78 is 4.62. The third-order valence-electron chi connectivity index (χ3n) is 2.01. The molecule has 80 valence electrons. The first kappa shape index (κ1) is 11.0. The summed E-state index contributed by atoms with van der Waals surface area (Å²) in [6.07, 6.45) is 2.91. The minimum Gasteiger partial charge on any atom is -0.465 e. The van der Waals surface area contributed by atoms with Crippen LogP contribution in [0, 0.1) is 0 Å². The Morgan fingerprint density at radius 1 is 1.73 bits per heavy atom. The summed E-state index contributed by atoms with van der Waals surface area (Å²) in [4.78, 5) is 15.3. The van der Waals surface area contributed by atoms with E-state index in [1.54, 1.807) is 7.05 Å². The number of nitrogens with two attached hydrogens (primary N) is 1. The van der Waals surface area contributed by atoms with Crippen LogP contribution in [0.3, 0.4) is 0 Å². The lowest BCUT2D eigenvalue weighted by atomic mass is 10.1. The molecular formula is C10H13N3O2. The van der Waals surface area contributed by atoms with E-state index in [0.29, 0.717) is 22.6 Å². The zero-order valence-electron chi connectivity index (χ0n) is 8.70. The number of esters is 1. The van der Waals surface area contributed by atoms with Crippen molar-refractivity contribution in [1.82, 2.24) is 4.98 Å². The van der Waals surface area contributed by atoms with Crippen LogP contribution in [0.2, 0.25) is 0 Å². The standard InChI is InChI=1S/C10H13N3O2/c1-4-6-7(10(14)15-3)5-13-9(11)8(6)12-2/h4-5,12H,1H2,2-3H3,(H2,11,13). The molecule has 15 heavy (non-hydrogen) atoms.